The molecule has 0 saturated carbocycles. The molecule has 1 aromatic carbocycles. The van der Waals surface area contributed by atoms with E-state index < -0.39 is 0 Å². The summed E-state index contributed by atoms with van der Waals surface area (Å²) in [4.78, 5) is 0. The lowest BCUT2D eigenvalue weighted by molar-refractivity contribution is 1.31. The Morgan fingerprint density at radius 2 is 2.31 bits per heavy atom. The van der Waals surface area contributed by atoms with E-state index in [1.54, 1.807) is 0 Å². The van der Waals surface area contributed by atoms with Crippen LogP contribution in [0.1, 0.15) is 6.92 Å². The van der Waals surface area contributed by atoms with Crippen molar-refractivity contribution >= 4 is 44.2 Å². The van der Waals surface area contributed by atoms with Crippen LogP contribution in [0.5, 0.6) is 0 Å². The number of hydrogen-bond donors (Lipinski definition) is 1. The van der Waals surface area contributed by atoms with Crippen LogP contribution in [-0.2, 0) is 0 Å². The minimum atomic E-state index is 0.871. The molecule has 0 unspecified atom stereocenters. The Bertz CT molecular complexity index is 310. The fraction of sp³-hybridized carbons (Fsp3) is 0.200. The molecule has 70 valence electrons. The van der Waals surface area contributed by atoms with E-state index in [0.29, 0.717) is 0 Å². The average molecular weight is 352 g/mol. The monoisotopic (exact) mass is 351 g/mol. The molecule has 0 heterocycles. The Hall–Kier alpha value is -0.0300. The van der Waals surface area contributed by atoms with Gasteiger partial charge in [0.1, 0.15) is 0 Å². The molecule has 0 aromatic heterocycles. The van der Waals surface area contributed by atoms with Crippen molar-refractivity contribution in [2.24, 2.45) is 0 Å². The van der Waals surface area contributed by atoms with E-state index in [-0.39, 0.29) is 0 Å². The van der Waals surface area contributed by atoms with E-state index in [1.807, 2.05) is 13.0 Å². The second-order valence-electron chi connectivity index (χ2n) is 2.57. The van der Waals surface area contributed by atoms with Gasteiger partial charge in [-0.25, -0.2) is 0 Å². The summed E-state index contributed by atoms with van der Waals surface area (Å²) in [5.74, 6) is 0. The van der Waals surface area contributed by atoms with Crippen molar-refractivity contribution in [1.82, 2.24) is 0 Å². The van der Waals surface area contributed by atoms with Crippen LogP contribution in [0.15, 0.2) is 34.8 Å². The molecule has 1 rings (SSSR count). The Morgan fingerprint density at radius 1 is 1.54 bits per heavy atom. The zero-order valence-corrected chi connectivity index (χ0v) is 11.1. The van der Waals surface area contributed by atoms with Gasteiger partial charge in [-0.3, -0.25) is 0 Å². The van der Waals surface area contributed by atoms with Crippen LogP contribution in [0.3, 0.4) is 0 Å². The van der Waals surface area contributed by atoms with Gasteiger partial charge in [0.2, 0.25) is 0 Å². The van der Waals surface area contributed by atoms with E-state index >= 15 is 0 Å². The summed E-state index contributed by atoms with van der Waals surface area (Å²) < 4.78 is 2.35. The highest BCUT2D eigenvalue weighted by atomic mass is 127. The number of rotatable bonds is 3. The molecule has 0 spiro atoms. The standard InChI is InChI=1S/C10H11BrIN/c1-2-3-6-13-10-5-4-8(12)7-9(10)11/h2-5,7,13H,6H2,1H3/b3-2+. The summed E-state index contributed by atoms with van der Waals surface area (Å²) in [6.07, 6.45) is 4.12. The zero-order chi connectivity index (χ0) is 9.68. The van der Waals surface area contributed by atoms with E-state index in [9.17, 15) is 0 Å². The van der Waals surface area contributed by atoms with E-state index in [0.717, 1.165) is 16.7 Å². The molecule has 3 heteroatoms. The molecule has 0 fully saturated rings. The molecule has 1 nitrogen and oxygen atoms in total. The molecule has 0 aliphatic carbocycles. The van der Waals surface area contributed by atoms with E-state index in [4.69, 9.17) is 0 Å². The van der Waals surface area contributed by atoms with Gasteiger partial charge in [0.05, 0.1) is 0 Å². The normalized spacial score (nSPS) is 10.7. The molecular formula is C10H11BrIN. The highest BCUT2D eigenvalue weighted by molar-refractivity contribution is 14.1. The van der Waals surface area contributed by atoms with Crippen LogP contribution < -0.4 is 5.32 Å². The molecule has 0 atom stereocenters. The largest absolute Gasteiger partial charge is 0.381 e. The maximum absolute atomic E-state index is 3.51. The van der Waals surface area contributed by atoms with E-state index in [1.165, 1.54) is 3.57 Å². The molecule has 13 heavy (non-hydrogen) atoms. The van der Waals surface area contributed by atoms with Crippen molar-refractivity contribution in [1.29, 1.82) is 0 Å². The van der Waals surface area contributed by atoms with Crippen molar-refractivity contribution in [3.63, 3.8) is 0 Å². The number of allylic oxidation sites excluding steroid dienone is 1. The lowest BCUT2D eigenvalue weighted by Crippen LogP contribution is -1.98. The minimum Gasteiger partial charge on any atom is -0.381 e. The van der Waals surface area contributed by atoms with Crippen LogP contribution in [0.25, 0.3) is 0 Å². The summed E-state index contributed by atoms with van der Waals surface area (Å²) in [7, 11) is 0. The number of halogens is 2. The number of benzene rings is 1. The Balaban J connectivity index is 2.66. The number of hydrogen-bond acceptors (Lipinski definition) is 1. The molecule has 0 amide bonds. The summed E-state index contributed by atoms with van der Waals surface area (Å²) in [6, 6.07) is 6.26. The van der Waals surface area contributed by atoms with Gasteiger partial charge in [-0.05, 0) is 63.6 Å². The lowest BCUT2D eigenvalue weighted by atomic mass is 10.3. The smallest absolute Gasteiger partial charge is 0.0487 e. The molecule has 0 bridgehead atoms. The second-order valence-corrected chi connectivity index (χ2v) is 4.67. The summed E-state index contributed by atoms with van der Waals surface area (Å²) in [6.45, 7) is 2.89. The first-order chi connectivity index (χ1) is 6.24. The first-order valence-electron chi connectivity index (χ1n) is 4.04. The number of anilines is 1. The van der Waals surface area contributed by atoms with Gasteiger partial charge in [-0.2, -0.15) is 0 Å². The minimum absolute atomic E-state index is 0.871. The van der Waals surface area contributed by atoms with Gasteiger partial charge in [0.15, 0.2) is 0 Å². The lowest BCUT2D eigenvalue weighted by Gasteiger charge is -2.05. The third kappa shape index (κ3) is 3.68. The Labute approximate surface area is 101 Å². The molecule has 0 aliphatic rings. The Kier molecular flexibility index (Phi) is 4.80. The highest BCUT2D eigenvalue weighted by Crippen LogP contribution is 2.24. The van der Waals surface area contributed by atoms with Gasteiger partial charge in [0, 0.05) is 20.3 Å². The molecule has 1 aromatic rings. The first kappa shape index (κ1) is 11.0. The van der Waals surface area contributed by atoms with Gasteiger partial charge in [-0.15, -0.1) is 0 Å². The topological polar surface area (TPSA) is 12.0 Å². The second kappa shape index (κ2) is 5.65. The average Bonchev–Trinajstić information content (AvgIpc) is 2.09. The number of nitrogens with one attached hydrogen (secondary N) is 1. The van der Waals surface area contributed by atoms with Gasteiger partial charge < -0.3 is 5.32 Å². The van der Waals surface area contributed by atoms with Crippen LogP contribution >= 0.6 is 38.5 Å². The van der Waals surface area contributed by atoms with Crippen molar-refractivity contribution in [2.45, 2.75) is 6.92 Å². The maximum Gasteiger partial charge on any atom is 0.0487 e. The van der Waals surface area contributed by atoms with Crippen molar-refractivity contribution in [3.8, 4) is 0 Å². The van der Waals surface area contributed by atoms with Gasteiger partial charge in [0.25, 0.3) is 0 Å². The third-order valence-electron chi connectivity index (χ3n) is 1.58. The van der Waals surface area contributed by atoms with Crippen LogP contribution in [-0.4, -0.2) is 6.54 Å². The quantitative estimate of drug-likeness (QED) is 0.640. The predicted molar refractivity (Wildman–Crippen MR) is 70.2 cm³/mol. The Morgan fingerprint density at radius 3 is 2.92 bits per heavy atom. The van der Waals surface area contributed by atoms with Crippen LogP contribution in [0.2, 0.25) is 0 Å². The molecule has 1 N–H and O–H groups in total. The van der Waals surface area contributed by atoms with Gasteiger partial charge in [-0.1, -0.05) is 12.2 Å². The molecule has 0 aliphatic heterocycles. The summed E-state index contributed by atoms with van der Waals surface area (Å²) in [5, 5.41) is 3.30. The zero-order valence-electron chi connectivity index (χ0n) is 7.35. The molecule has 0 saturated heterocycles. The maximum atomic E-state index is 3.51. The molecular weight excluding hydrogens is 341 g/mol. The van der Waals surface area contributed by atoms with Gasteiger partial charge >= 0.3 is 0 Å². The fourth-order valence-corrected chi connectivity index (χ4v) is 2.36. The SMILES string of the molecule is C/C=C/CNc1ccc(I)cc1Br. The predicted octanol–water partition coefficient (Wildman–Crippen LogP) is 4.04. The fourth-order valence-electron chi connectivity index (χ4n) is 0.920. The highest BCUT2D eigenvalue weighted by Gasteiger charge is 1.97. The van der Waals surface area contributed by atoms with Crippen molar-refractivity contribution in [3.05, 3.63) is 38.4 Å². The summed E-state index contributed by atoms with van der Waals surface area (Å²) in [5.41, 5.74) is 1.14. The van der Waals surface area contributed by atoms with Crippen molar-refractivity contribution < 1.29 is 0 Å². The van der Waals surface area contributed by atoms with E-state index in [2.05, 4.69) is 68.1 Å². The van der Waals surface area contributed by atoms with Crippen LogP contribution in [0.4, 0.5) is 5.69 Å². The van der Waals surface area contributed by atoms with Crippen molar-refractivity contribution in [2.75, 3.05) is 11.9 Å². The summed E-state index contributed by atoms with van der Waals surface area (Å²) >= 11 is 5.80. The third-order valence-corrected chi connectivity index (χ3v) is 2.90. The molecule has 0 radical (unpaired) electrons. The first-order valence-corrected chi connectivity index (χ1v) is 5.91. The van der Waals surface area contributed by atoms with Crippen LogP contribution in [0, 0.1) is 3.57 Å².